The molecule has 0 radical (unpaired) electrons. The van der Waals surface area contributed by atoms with E-state index < -0.39 is 53.7 Å². The molecule has 5 N–H and O–H groups in total. The summed E-state index contributed by atoms with van der Waals surface area (Å²) in [7, 11) is 1.48. The number of rotatable bonds is 7. The normalized spacial score (nSPS) is 23.5. The Kier molecular flexibility index (Phi) is 14.1. The van der Waals surface area contributed by atoms with Gasteiger partial charge in [0.1, 0.15) is 24.2 Å². The molecule has 1 aliphatic rings. The van der Waals surface area contributed by atoms with Crippen molar-refractivity contribution >= 4 is 35.4 Å². The molecular weight excluding hydrogens is 552 g/mol. The Labute approximate surface area is 254 Å². The third-order valence-electron chi connectivity index (χ3n) is 7.25. The Morgan fingerprint density at radius 3 is 2.26 bits per heavy atom. The minimum Gasteiger partial charge on any atom is -0.355 e. The maximum absolute atomic E-state index is 13.4. The van der Waals surface area contributed by atoms with Gasteiger partial charge in [-0.3, -0.25) is 28.8 Å². The molecule has 12 heteroatoms. The zero-order valence-corrected chi connectivity index (χ0v) is 26.2. The molecule has 12 nitrogen and oxygen atoms in total. The van der Waals surface area contributed by atoms with Gasteiger partial charge in [-0.25, -0.2) is 0 Å². The van der Waals surface area contributed by atoms with Crippen LogP contribution in [0.3, 0.4) is 0 Å². The lowest BCUT2D eigenvalue weighted by molar-refractivity contribution is -0.139. The van der Waals surface area contributed by atoms with Gasteiger partial charge < -0.3 is 31.5 Å². The maximum Gasteiger partial charge on any atom is 0.245 e. The first-order valence-corrected chi connectivity index (χ1v) is 15.0. The van der Waals surface area contributed by atoms with Crippen molar-refractivity contribution in [2.45, 2.75) is 90.9 Å². The summed E-state index contributed by atoms with van der Waals surface area (Å²) in [4.78, 5) is 79.6. The summed E-state index contributed by atoms with van der Waals surface area (Å²) < 4.78 is 0. The molecule has 0 aliphatic carbocycles. The van der Waals surface area contributed by atoms with E-state index in [2.05, 4.69) is 26.6 Å². The first-order valence-electron chi connectivity index (χ1n) is 15.0. The zero-order chi connectivity index (χ0) is 32.1. The van der Waals surface area contributed by atoms with Crippen LogP contribution in [0.1, 0.15) is 65.9 Å². The lowest BCUT2D eigenvalue weighted by Crippen LogP contribution is -2.59. The van der Waals surface area contributed by atoms with Gasteiger partial charge in [-0.1, -0.05) is 58.0 Å². The largest absolute Gasteiger partial charge is 0.355 e. The highest BCUT2D eigenvalue weighted by Gasteiger charge is 2.32. The third kappa shape index (κ3) is 12.0. The van der Waals surface area contributed by atoms with E-state index in [0.717, 1.165) is 5.56 Å². The van der Waals surface area contributed by atoms with Crippen LogP contribution >= 0.6 is 0 Å². The number of carbonyl (C=O) groups is 6. The molecule has 1 aromatic carbocycles. The van der Waals surface area contributed by atoms with Gasteiger partial charge in [0.25, 0.3) is 0 Å². The van der Waals surface area contributed by atoms with Crippen molar-refractivity contribution in [2.75, 3.05) is 20.1 Å². The summed E-state index contributed by atoms with van der Waals surface area (Å²) in [5.74, 6) is -2.83. The van der Waals surface area contributed by atoms with Gasteiger partial charge in [0.05, 0.1) is 6.54 Å². The Bertz CT molecular complexity index is 1130. The Hall–Kier alpha value is -3.96. The second kappa shape index (κ2) is 17.2. The van der Waals surface area contributed by atoms with Crippen molar-refractivity contribution in [1.29, 1.82) is 0 Å². The number of benzene rings is 1. The second-order valence-corrected chi connectivity index (χ2v) is 12.0. The van der Waals surface area contributed by atoms with Gasteiger partial charge in [-0.2, -0.15) is 0 Å². The van der Waals surface area contributed by atoms with Crippen LogP contribution in [0, 0.1) is 11.8 Å². The highest BCUT2D eigenvalue weighted by atomic mass is 16.2. The highest BCUT2D eigenvalue weighted by molar-refractivity contribution is 5.96. The number of nitrogens with zero attached hydrogens (tertiary/aromatic N) is 1. The van der Waals surface area contributed by atoms with E-state index in [1.54, 1.807) is 13.8 Å². The summed E-state index contributed by atoms with van der Waals surface area (Å²) in [5.41, 5.74) is 0.811. The van der Waals surface area contributed by atoms with Crippen LogP contribution in [0.25, 0.3) is 0 Å². The molecule has 2 rings (SSSR count). The number of likely N-dealkylation sites (N-methyl/N-ethyl adjacent to an activating group) is 1. The highest BCUT2D eigenvalue weighted by Crippen LogP contribution is 2.09. The van der Waals surface area contributed by atoms with Gasteiger partial charge >= 0.3 is 0 Å². The first kappa shape index (κ1) is 35.2. The smallest absolute Gasteiger partial charge is 0.245 e. The molecule has 0 saturated carbocycles. The third-order valence-corrected chi connectivity index (χ3v) is 7.25. The van der Waals surface area contributed by atoms with Gasteiger partial charge in [0.15, 0.2) is 0 Å². The lowest BCUT2D eigenvalue weighted by atomic mass is 10.0. The summed E-state index contributed by atoms with van der Waals surface area (Å²) in [6.07, 6.45) is 1.69. The van der Waals surface area contributed by atoms with Crippen molar-refractivity contribution in [1.82, 2.24) is 31.5 Å². The average molecular weight is 601 g/mol. The minimum atomic E-state index is -1.03. The van der Waals surface area contributed by atoms with E-state index in [1.807, 2.05) is 44.2 Å². The molecule has 0 bridgehead atoms. The van der Waals surface area contributed by atoms with Gasteiger partial charge in [0, 0.05) is 26.4 Å². The molecule has 4 atom stereocenters. The Morgan fingerprint density at radius 1 is 0.953 bits per heavy atom. The number of hydrogen-bond donors (Lipinski definition) is 5. The average Bonchev–Trinajstić information content (AvgIpc) is 2.95. The van der Waals surface area contributed by atoms with Crippen LogP contribution in [0.4, 0.5) is 0 Å². The minimum absolute atomic E-state index is 0.187. The monoisotopic (exact) mass is 600 g/mol. The Morgan fingerprint density at radius 2 is 1.63 bits per heavy atom. The molecule has 0 aromatic heterocycles. The van der Waals surface area contributed by atoms with Crippen molar-refractivity contribution in [3.8, 4) is 0 Å². The van der Waals surface area contributed by atoms with Crippen molar-refractivity contribution in [3.63, 3.8) is 0 Å². The molecule has 43 heavy (non-hydrogen) atoms. The molecule has 0 unspecified atom stereocenters. The predicted molar refractivity (Wildman–Crippen MR) is 162 cm³/mol. The molecular formula is C31H48N6O6. The standard InChI is InChI=1S/C31H48N6O6/c1-19(2)14-15-25(38)34-23-13-10-16-32-26(39)18-37(6)31(43)24(17-22-11-8-7-9-12-22)35-28(40)21(5)33-30(42)27(20(3)4)36-29(23)41/h7-9,11-12,19-21,23-24,27H,10,13-18H2,1-6H3,(H,32,39)(H,33,42)(H,34,38)(H,35,40)(H,36,41)/t21-,23+,24+,27-/m1/s1. The van der Waals surface area contributed by atoms with Crippen molar-refractivity contribution < 1.29 is 28.8 Å². The number of nitrogens with one attached hydrogen (secondary N) is 5. The zero-order valence-electron chi connectivity index (χ0n) is 26.2. The second-order valence-electron chi connectivity index (χ2n) is 12.0. The summed E-state index contributed by atoms with van der Waals surface area (Å²) >= 11 is 0. The summed E-state index contributed by atoms with van der Waals surface area (Å²) in [6, 6.07) is 5.24. The fourth-order valence-corrected chi connectivity index (χ4v) is 4.61. The van der Waals surface area contributed by atoms with E-state index in [0.29, 0.717) is 18.8 Å². The van der Waals surface area contributed by atoms with Crippen LogP contribution in [0.2, 0.25) is 0 Å². The van der Waals surface area contributed by atoms with Crippen LogP contribution in [-0.4, -0.2) is 84.6 Å². The molecule has 0 spiro atoms. The Balaban J connectivity index is 2.30. The van der Waals surface area contributed by atoms with Crippen LogP contribution in [-0.2, 0) is 35.2 Å². The van der Waals surface area contributed by atoms with E-state index in [4.69, 9.17) is 0 Å². The summed E-state index contributed by atoms with van der Waals surface area (Å²) in [5, 5.41) is 13.6. The molecule has 1 saturated heterocycles. The number of amides is 6. The molecule has 1 fully saturated rings. The molecule has 238 valence electrons. The fourth-order valence-electron chi connectivity index (χ4n) is 4.61. The molecule has 1 aromatic rings. The van der Waals surface area contributed by atoms with E-state index >= 15 is 0 Å². The molecule has 6 amide bonds. The van der Waals surface area contributed by atoms with E-state index in [1.165, 1.54) is 18.9 Å². The maximum atomic E-state index is 13.4. The number of carbonyl (C=O) groups excluding carboxylic acids is 6. The first-order chi connectivity index (χ1) is 20.3. The van der Waals surface area contributed by atoms with Crippen molar-refractivity contribution in [2.24, 2.45) is 11.8 Å². The van der Waals surface area contributed by atoms with Gasteiger partial charge in [0.2, 0.25) is 35.4 Å². The topological polar surface area (TPSA) is 166 Å². The quantitative estimate of drug-likeness (QED) is 0.308. The van der Waals surface area contributed by atoms with Crippen LogP contribution in [0.15, 0.2) is 30.3 Å². The van der Waals surface area contributed by atoms with E-state index in [9.17, 15) is 28.8 Å². The van der Waals surface area contributed by atoms with Gasteiger partial charge in [-0.15, -0.1) is 0 Å². The lowest BCUT2D eigenvalue weighted by Gasteiger charge is -2.28. The summed E-state index contributed by atoms with van der Waals surface area (Å²) in [6.45, 7) is 8.99. The molecule has 1 heterocycles. The van der Waals surface area contributed by atoms with Crippen molar-refractivity contribution in [3.05, 3.63) is 35.9 Å². The van der Waals surface area contributed by atoms with E-state index in [-0.39, 0.29) is 44.2 Å². The molecule has 1 aliphatic heterocycles. The SMILES string of the molecule is CC(C)CCC(=O)N[C@H]1CCCNC(=O)CN(C)C(=O)[C@H](Cc2ccccc2)NC(=O)[C@@H](C)NC(=O)[C@@H](C(C)C)NC1=O. The predicted octanol–water partition coefficient (Wildman–Crippen LogP) is 0.649. The van der Waals surface area contributed by atoms with Gasteiger partial charge in [-0.05, 0) is 43.6 Å². The van der Waals surface area contributed by atoms with Crippen LogP contribution < -0.4 is 26.6 Å². The van der Waals surface area contributed by atoms with Crippen LogP contribution in [0.5, 0.6) is 0 Å². The number of hydrogen-bond acceptors (Lipinski definition) is 6. The fraction of sp³-hybridized carbons (Fsp3) is 0.613.